The number of hydrogen-bond acceptors (Lipinski definition) is 6. The van der Waals surface area contributed by atoms with Gasteiger partial charge in [-0.05, 0) is 30.0 Å². The van der Waals surface area contributed by atoms with E-state index in [9.17, 15) is 10.1 Å². The largest absolute Gasteiger partial charge is 0.443 e. The Balaban J connectivity index is 1.50. The number of fused-ring (bicyclic) bond motifs is 2. The van der Waals surface area contributed by atoms with Gasteiger partial charge in [0.1, 0.15) is 23.6 Å². The first kappa shape index (κ1) is 16.2. The number of nitrogens with zero attached hydrogens (tertiary/aromatic N) is 5. The Morgan fingerprint density at radius 1 is 1.18 bits per heavy atom. The molecule has 1 amide bonds. The number of rotatable bonds is 3. The van der Waals surface area contributed by atoms with E-state index in [0.717, 1.165) is 12.8 Å². The lowest BCUT2D eigenvalue weighted by molar-refractivity contribution is 0.0931. The average molecular weight is 370 g/mol. The second-order valence-corrected chi connectivity index (χ2v) is 6.59. The highest BCUT2D eigenvalue weighted by atomic mass is 16.3. The van der Waals surface area contributed by atoms with Crippen molar-refractivity contribution >= 4 is 11.6 Å². The topological polar surface area (TPSA) is 109 Å². The molecule has 0 spiro atoms. The van der Waals surface area contributed by atoms with Crippen LogP contribution in [0.4, 0.5) is 0 Å². The van der Waals surface area contributed by atoms with Gasteiger partial charge in [-0.1, -0.05) is 24.3 Å². The molecule has 3 heterocycles. The van der Waals surface area contributed by atoms with E-state index in [1.165, 1.54) is 34.3 Å². The summed E-state index contributed by atoms with van der Waals surface area (Å²) in [4.78, 5) is 21.2. The number of amides is 1. The fraction of sp³-hybridized carbons (Fsp3) is 0.150. The van der Waals surface area contributed by atoms with Crippen molar-refractivity contribution in [1.82, 2.24) is 24.9 Å². The monoisotopic (exact) mass is 370 g/mol. The van der Waals surface area contributed by atoms with Gasteiger partial charge in [-0.3, -0.25) is 4.79 Å². The van der Waals surface area contributed by atoms with Crippen molar-refractivity contribution in [2.75, 3.05) is 0 Å². The van der Waals surface area contributed by atoms with E-state index in [-0.39, 0.29) is 34.7 Å². The summed E-state index contributed by atoms with van der Waals surface area (Å²) < 4.78 is 6.64. The maximum Gasteiger partial charge on any atom is 0.270 e. The fourth-order valence-corrected chi connectivity index (χ4v) is 3.63. The molecule has 28 heavy (non-hydrogen) atoms. The number of nitrogens with one attached hydrogen (secondary N) is 1. The smallest absolute Gasteiger partial charge is 0.270 e. The van der Waals surface area contributed by atoms with Crippen LogP contribution in [0.3, 0.4) is 0 Å². The predicted molar refractivity (Wildman–Crippen MR) is 98.3 cm³/mol. The molecule has 1 aliphatic carbocycles. The van der Waals surface area contributed by atoms with Gasteiger partial charge in [0.25, 0.3) is 5.91 Å². The SMILES string of the molecule is N#Cc1c(-c2ncco2)nn2c(C(=O)NC3Cc4ccccc4C3)ccnc12. The molecule has 0 radical (unpaired) electrons. The molecule has 1 aromatic carbocycles. The maximum atomic E-state index is 12.9. The summed E-state index contributed by atoms with van der Waals surface area (Å²) in [6.07, 6.45) is 5.95. The van der Waals surface area contributed by atoms with Crippen molar-refractivity contribution < 1.29 is 9.21 Å². The molecule has 0 bridgehead atoms. The Kier molecular flexibility index (Phi) is 3.66. The van der Waals surface area contributed by atoms with Crippen LogP contribution in [0.15, 0.2) is 53.4 Å². The molecule has 0 aliphatic heterocycles. The Morgan fingerprint density at radius 3 is 2.64 bits per heavy atom. The Morgan fingerprint density at radius 2 is 1.96 bits per heavy atom. The van der Waals surface area contributed by atoms with Gasteiger partial charge in [0.15, 0.2) is 11.3 Å². The second-order valence-electron chi connectivity index (χ2n) is 6.59. The molecule has 3 aromatic heterocycles. The lowest BCUT2D eigenvalue weighted by atomic mass is 10.1. The first-order valence-electron chi connectivity index (χ1n) is 8.80. The molecule has 0 fully saturated rings. The summed E-state index contributed by atoms with van der Waals surface area (Å²) in [6.45, 7) is 0. The number of aromatic nitrogens is 4. The van der Waals surface area contributed by atoms with Gasteiger partial charge in [-0.25, -0.2) is 14.5 Å². The van der Waals surface area contributed by atoms with Gasteiger partial charge in [0, 0.05) is 12.2 Å². The van der Waals surface area contributed by atoms with Crippen molar-refractivity contribution in [3.05, 3.63) is 71.4 Å². The third-order valence-corrected chi connectivity index (χ3v) is 4.88. The molecular formula is C20H14N6O2. The van der Waals surface area contributed by atoms with E-state index in [0.29, 0.717) is 5.69 Å². The standard InChI is InChI=1S/C20H14N6O2/c21-11-15-17(20-23-7-8-28-20)25-26-16(5-6-22-18(15)26)19(27)24-14-9-12-3-1-2-4-13(12)10-14/h1-8,14H,9-10H2,(H,24,27). The third-order valence-electron chi connectivity index (χ3n) is 4.88. The highest BCUT2D eigenvalue weighted by Gasteiger charge is 2.26. The van der Waals surface area contributed by atoms with Crippen molar-refractivity contribution in [2.24, 2.45) is 0 Å². The maximum absolute atomic E-state index is 12.9. The van der Waals surface area contributed by atoms with Crippen LogP contribution in [0.1, 0.15) is 27.2 Å². The summed E-state index contributed by atoms with van der Waals surface area (Å²) in [5.74, 6) is -0.0594. The van der Waals surface area contributed by atoms with Crippen LogP contribution in [-0.2, 0) is 12.8 Å². The van der Waals surface area contributed by atoms with Gasteiger partial charge in [-0.2, -0.15) is 10.4 Å². The van der Waals surface area contributed by atoms with Gasteiger partial charge in [0.05, 0.1) is 6.20 Å². The quantitative estimate of drug-likeness (QED) is 0.592. The third kappa shape index (κ3) is 2.53. The number of benzene rings is 1. The van der Waals surface area contributed by atoms with E-state index in [1.807, 2.05) is 12.1 Å². The molecule has 0 atom stereocenters. The van der Waals surface area contributed by atoms with Crippen LogP contribution < -0.4 is 5.32 Å². The van der Waals surface area contributed by atoms with Crippen LogP contribution in [0, 0.1) is 11.3 Å². The van der Waals surface area contributed by atoms with Gasteiger partial charge >= 0.3 is 0 Å². The number of carbonyl (C=O) groups excluding carboxylic acids is 1. The van der Waals surface area contributed by atoms with Crippen molar-refractivity contribution in [2.45, 2.75) is 18.9 Å². The summed E-state index contributed by atoms with van der Waals surface area (Å²) in [5.41, 5.74) is 3.57. The fourth-order valence-electron chi connectivity index (χ4n) is 3.63. The predicted octanol–water partition coefficient (Wildman–Crippen LogP) is 2.15. The lowest BCUT2D eigenvalue weighted by Gasteiger charge is -2.12. The molecule has 5 rings (SSSR count). The number of carbonyl (C=O) groups is 1. The molecular weight excluding hydrogens is 356 g/mol. The van der Waals surface area contributed by atoms with Crippen LogP contribution in [0.2, 0.25) is 0 Å². The average Bonchev–Trinajstić information content (AvgIpc) is 3.44. The minimum atomic E-state index is -0.267. The molecule has 1 N–H and O–H groups in total. The lowest BCUT2D eigenvalue weighted by Crippen LogP contribution is -2.36. The Labute approximate surface area is 159 Å². The van der Waals surface area contributed by atoms with Crippen LogP contribution in [0.25, 0.3) is 17.2 Å². The normalized spacial score (nSPS) is 13.4. The first-order chi connectivity index (χ1) is 13.7. The minimum absolute atomic E-state index is 0.0188. The zero-order valence-corrected chi connectivity index (χ0v) is 14.7. The molecule has 4 aromatic rings. The molecule has 8 nitrogen and oxygen atoms in total. The number of nitriles is 1. The van der Waals surface area contributed by atoms with Crippen LogP contribution in [-0.4, -0.2) is 31.5 Å². The molecule has 1 aliphatic rings. The molecule has 0 saturated heterocycles. The zero-order valence-electron chi connectivity index (χ0n) is 14.7. The zero-order chi connectivity index (χ0) is 19.1. The van der Waals surface area contributed by atoms with Crippen molar-refractivity contribution in [3.63, 3.8) is 0 Å². The van der Waals surface area contributed by atoms with Crippen LogP contribution in [0.5, 0.6) is 0 Å². The second kappa shape index (κ2) is 6.32. The van der Waals surface area contributed by atoms with E-state index in [4.69, 9.17) is 4.42 Å². The molecule has 0 saturated carbocycles. The van der Waals surface area contributed by atoms with E-state index < -0.39 is 0 Å². The van der Waals surface area contributed by atoms with Crippen molar-refractivity contribution in [1.29, 1.82) is 5.26 Å². The molecule has 0 unspecified atom stereocenters. The number of hydrogen-bond donors (Lipinski definition) is 1. The Bertz CT molecular complexity index is 1210. The summed E-state index contributed by atoms with van der Waals surface area (Å²) in [6, 6.07) is 11.9. The van der Waals surface area contributed by atoms with Gasteiger partial charge in [-0.15, -0.1) is 0 Å². The van der Waals surface area contributed by atoms with E-state index in [2.05, 4.69) is 38.6 Å². The van der Waals surface area contributed by atoms with E-state index in [1.54, 1.807) is 6.07 Å². The van der Waals surface area contributed by atoms with Gasteiger partial charge in [0.2, 0.25) is 5.89 Å². The summed E-state index contributed by atoms with van der Waals surface area (Å²) in [5, 5.41) is 17.0. The first-order valence-corrected chi connectivity index (χ1v) is 8.80. The molecule has 136 valence electrons. The van der Waals surface area contributed by atoms with Gasteiger partial charge < -0.3 is 9.73 Å². The minimum Gasteiger partial charge on any atom is -0.443 e. The Hall–Kier alpha value is -3.99. The van der Waals surface area contributed by atoms with Crippen molar-refractivity contribution in [3.8, 4) is 17.7 Å². The summed E-state index contributed by atoms with van der Waals surface area (Å²) >= 11 is 0. The highest BCUT2D eigenvalue weighted by Crippen LogP contribution is 2.25. The number of oxazole rings is 1. The summed E-state index contributed by atoms with van der Waals surface area (Å²) in [7, 11) is 0. The van der Waals surface area contributed by atoms with Crippen LogP contribution >= 0.6 is 0 Å². The highest BCUT2D eigenvalue weighted by molar-refractivity contribution is 5.93. The van der Waals surface area contributed by atoms with E-state index >= 15 is 0 Å². The molecule has 8 heteroatoms.